The molecule has 0 radical (unpaired) electrons. The molecule has 0 spiro atoms. The Morgan fingerprint density at radius 1 is 1.10 bits per heavy atom. The van der Waals surface area contributed by atoms with Crippen molar-refractivity contribution in [2.45, 2.75) is 32.2 Å². The topological polar surface area (TPSA) is 61.9 Å². The van der Waals surface area contributed by atoms with Crippen LogP contribution in [0.1, 0.15) is 36.4 Å². The van der Waals surface area contributed by atoms with Crippen LogP contribution in [0.15, 0.2) is 48.5 Å². The Labute approximate surface area is 184 Å². The van der Waals surface area contributed by atoms with E-state index >= 15 is 0 Å². The minimum Gasteiger partial charge on any atom is -0.497 e. The number of hydrogen-bond acceptors (Lipinski definition) is 4. The summed E-state index contributed by atoms with van der Waals surface area (Å²) in [6, 6.07) is 16.1. The standard InChI is InChI=1S/C25H31N3O3/c1-18-5-7-19(8-6-18)23(27-13-3-4-14-27)16-26-25(30)20-15-24(29)28(17-20)21-9-11-22(31-2)12-10-21/h5-12,20,23H,3-4,13-17H2,1-2H3,(H,26,30). The van der Waals surface area contributed by atoms with E-state index in [2.05, 4.69) is 41.4 Å². The molecule has 2 aromatic carbocycles. The van der Waals surface area contributed by atoms with E-state index in [1.165, 1.54) is 24.0 Å². The van der Waals surface area contributed by atoms with E-state index in [1.54, 1.807) is 12.0 Å². The third kappa shape index (κ3) is 4.90. The molecule has 0 bridgehead atoms. The fourth-order valence-corrected chi connectivity index (χ4v) is 4.54. The molecule has 0 aromatic heterocycles. The highest BCUT2D eigenvalue weighted by molar-refractivity contribution is 6.00. The summed E-state index contributed by atoms with van der Waals surface area (Å²) in [5.41, 5.74) is 3.27. The van der Waals surface area contributed by atoms with E-state index in [0.29, 0.717) is 13.1 Å². The Morgan fingerprint density at radius 3 is 2.42 bits per heavy atom. The van der Waals surface area contributed by atoms with Crippen LogP contribution in [0.3, 0.4) is 0 Å². The summed E-state index contributed by atoms with van der Waals surface area (Å²) in [6.45, 7) is 5.18. The van der Waals surface area contributed by atoms with Crippen LogP contribution in [0.2, 0.25) is 0 Å². The zero-order valence-electron chi connectivity index (χ0n) is 18.3. The van der Waals surface area contributed by atoms with Crippen LogP contribution >= 0.6 is 0 Å². The predicted octanol–water partition coefficient (Wildman–Crippen LogP) is 3.31. The maximum Gasteiger partial charge on any atom is 0.227 e. The van der Waals surface area contributed by atoms with E-state index < -0.39 is 0 Å². The lowest BCUT2D eigenvalue weighted by Crippen LogP contribution is -2.40. The van der Waals surface area contributed by atoms with Gasteiger partial charge in [-0.25, -0.2) is 0 Å². The highest BCUT2D eigenvalue weighted by Gasteiger charge is 2.35. The molecule has 31 heavy (non-hydrogen) atoms. The fraction of sp³-hybridized carbons (Fsp3) is 0.440. The lowest BCUT2D eigenvalue weighted by Gasteiger charge is -2.28. The Balaban J connectivity index is 1.39. The monoisotopic (exact) mass is 421 g/mol. The minimum absolute atomic E-state index is 0.0139. The SMILES string of the molecule is COc1ccc(N2CC(C(=O)NCC(c3ccc(C)cc3)N3CCCC3)CC2=O)cc1. The number of rotatable bonds is 7. The maximum atomic E-state index is 12.9. The zero-order chi connectivity index (χ0) is 21.8. The molecule has 2 aliphatic rings. The number of amides is 2. The Kier molecular flexibility index (Phi) is 6.56. The molecular weight excluding hydrogens is 390 g/mol. The maximum absolute atomic E-state index is 12.9. The van der Waals surface area contributed by atoms with Crippen molar-refractivity contribution in [3.63, 3.8) is 0 Å². The van der Waals surface area contributed by atoms with Crippen molar-refractivity contribution >= 4 is 17.5 Å². The van der Waals surface area contributed by atoms with Gasteiger partial charge in [0.25, 0.3) is 0 Å². The van der Waals surface area contributed by atoms with Crippen LogP contribution in [-0.4, -0.2) is 50.0 Å². The van der Waals surface area contributed by atoms with Gasteiger partial charge in [-0.1, -0.05) is 29.8 Å². The molecule has 6 heteroatoms. The molecule has 2 amide bonds. The second-order valence-corrected chi connectivity index (χ2v) is 8.52. The van der Waals surface area contributed by atoms with Gasteiger partial charge in [-0.2, -0.15) is 0 Å². The van der Waals surface area contributed by atoms with Crippen LogP contribution in [0.4, 0.5) is 5.69 Å². The van der Waals surface area contributed by atoms with Crippen LogP contribution in [0.25, 0.3) is 0 Å². The van der Waals surface area contributed by atoms with E-state index in [-0.39, 0.29) is 30.2 Å². The second-order valence-electron chi connectivity index (χ2n) is 8.52. The first-order chi connectivity index (χ1) is 15.0. The summed E-state index contributed by atoms with van der Waals surface area (Å²) in [7, 11) is 1.61. The molecule has 164 valence electrons. The molecule has 2 atom stereocenters. The Hall–Kier alpha value is -2.86. The number of likely N-dealkylation sites (tertiary alicyclic amines) is 1. The van der Waals surface area contributed by atoms with Gasteiger partial charge in [0.15, 0.2) is 0 Å². The average Bonchev–Trinajstić information content (AvgIpc) is 3.45. The number of anilines is 1. The summed E-state index contributed by atoms with van der Waals surface area (Å²) in [5.74, 6) is 0.362. The summed E-state index contributed by atoms with van der Waals surface area (Å²) < 4.78 is 5.19. The van der Waals surface area contributed by atoms with Gasteiger partial charge in [-0.15, -0.1) is 0 Å². The van der Waals surface area contributed by atoms with Gasteiger partial charge in [0.2, 0.25) is 11.8 Å². The number of carbonyl (C=O) groups excluding carboxylic acids is 2. The first-order valence-electron chi connectivity index (χ1n) is 11.1. The van der Waals surface area contributed by atoms with Gasteiger partial charge in [0.05, 0.1) is 19.1 Å². The Morgan fingerprint density at radius 2 is 1.77 bits per heavy atom. The van der Waals surface area contributed by atoms with Crippen molar-refractivity contribution in [1.82, 2.24) is 10.2 Å². The fourth-order valence-electron chi connectivity index (χ4n) is 4.54. The number of benzene rings is 2. The lowest BCUT2D eigenvalue weighted by molar-refractivity contribution is -0.126. The summed E-state index contributed by atoms with van der Waals surface area (Å²) in [6.07, 6.45) is 2.64. The van der Waals surface area contributed by atoms with Crippen molar-refractivity contribution < 1.29 is 14.3 Å². The second kappa shape index (κ2) is 9.52. The smallest absolute Gasteiger partial charge is 0.227 e. The van der Waals surface area contributed by atoms with Gasteiger partial charge >= 0.3 is 0 Å². The van der Waals surface area contributed by atoms with Crippen molar-refractivity contribution in [2.24, 2.45) is 5.92 Å². The molecule has 0 saturated carbocycles. The van der Waals surface area contributed by atoms with Gasteiger partial charge in [0, 0.05) is 25.2 Å². The first-order valence-corrected chi connectivity index (χ1v) is 11.1. The lowest BCUT2D eigenvalue weighted by atomic mass is 10.0. The minimum atomic E-state index is -0.327. The van der Waals surface area contributed by atoms with Crippen LogP contribution in [-0.2, 0) is 9.59 Å². The number of carbonyl (C=O) groups is 2. The van der Waals surface area contributed by atoms with Gasteiger partial charge in [0.1, 0.15) is 5.75 Å². The number of hydrogen-bond donors (Lipinski definition) is 1. The van der Waals surface area contributed by atoms with E-state index in [1.807, 2.05) is 24.3 Å². The van der Waals surface area contributed by atoms with Crippen LogP contribution in [0, 0.1) is 12.8 Å². The molecule has 2 aromatic rings. The molecule has 2 heterocycles. The number of aryl methyl sites for hydroxylation is 1. The predicted molar refractivity (Wildman–Crippen MR) is 121 cm³/mol. The quantitative estimate of drug-likeness (QED) is 0.745. The third-order valence-corrected chi connectivity index (χ3v) is 6.39. The number of nitrogens with one attached hydrogen (secondary N) is 1. The molecule has 0 aliphatic carbocycles. The highest BCUT2D eigenvalue weighted by atomic mass is 16.5. The van der Waals surface area contributed by atoms with Gasteiger partial charge < -0.3 is 15.0 Å². The van der Waals surface area contributed by atoms with Crippen molar-refractivity contribution in [3.8, 4) is 5.75 Å². The van der Waals surface area contributed by atoms with Crippen molar-refractivity contribution in [3.05, 3.63) is 59.7 Å². The summed E-state index contributed by atoms with van der Waals surface area (Å²) in [5, 5.41) is 3.15. The van der Waals surface area contributed by atoms with E-state index in [0.717, 1.165) is 24.5 Å². The largest absolute Gasteiger partial charge is 0.497 e. The molecular formula is C25H31N3O3. The molecule has 6 nitrogen and oxygen atoms in total. The average molecular weight is 422 g/mol. The number of methoxy groups -OCH3 is 1. The number of ether oxygens (including phenoxy) is 1. The molecule has 1 N–H and O–H groups in total. The number of nitrogens with zero attached hydrogens (tertiary/aromatic N) is 2. The third-order valence-electron chi connectivity index (χ3n) is 6.39. The molecule has 4 rings (SSSR count). The highest BCUT2D eigenvalue weighted by Crippen LogP contribution is 2.28. The van der Waals surface area contributed by atoms with Crippen molar-refractivity contribution in [1.29, 1.82) is 0 Å². The normalized spacial score (nSPS) is 20.1. The molecule has 2 unspecified atom stereocenters. The summed E-state index contributed by atoms with van der Waals surface area (Å²) in [4.78, 5) is 29.6. The zero-order valence-corrected chi connectivity index (χ0v) is 18.3. The van der Waals surface area contributed by atoms with Crippen LogP contribution < -0.4 is 15.0 Å². The van der Waals surface area contributed by atoms with E-state index in [4.69, 9.17) is 4.74 Å². The molecule has 2 fully saturated rings. The van der Waals surface area contributed by atoms with Gasteiger partial charge in [-0.3, -0.25) is 14.5 Å². The van der Waals surface area contributed by atoms with E-state index in [9.17, 15) is 9.59 Å². The van der Waals surface area contributed by atoms with Crippen molar-refractivity contribution in [2.75, 3.05) is 38.2 Å². The summed E-state index contributed by atoms with van der Waals surface area (Å²) >= 11 is 0. The first kappa shape index (κ1) is 21.4. The van der Waals surface area contributed by atoms with Gasteiger partial charge in [-0.05, 0) is 62.7 Å². The Bertz CT molecular complexity index is 905. The molecule has 2 aliphatic heterocycles. The molecule has 2 saturated heterocycles. The van der Waals surface area contributed by atoms with Crippen LogP contribution in [0.5, 0.6) is 5.75 Å².